The molecule has 2 unspecified atom stereocenters. The molecule has 0 aliphatic carbocycles. The highest BCUT2D eigenvalue weighted by atomic mass is 16.5. The molecule has 2 atom stereocenters. The molecular formula is C12H24N2O4. The van der Waals surface area contributed by atoms with Crippen molar-refractivity contribution in [1.82, 2.24) is 10.6 Å². The van der Waals surface area contributed by atoms with Crippen LogP contribution < -0.4 is 10.6 Å². The summed E-state index contributed by atoms with van der Waals surface area (Å²) >= 11 is 0. The van der Waals surface area contributed by atoms with Gasteiger partial charge >= 0.3 is 12.0 Å². The van der Waals surface area contributed by atoms with Crippen LogP contribution in [0.2, 0.25) is 0 Å². The third kappa shape index (κ3) is 9.89. The highest BCUT2D eigenvalue weighted by Crippen LogP contribution is 2.08. The van der Waals surface area contributed by atoms with Crippen LogP contribution in [0.15, 0.2) is 0 Å². The van der Waals surface area contributed by atoms with Crippen LogP contribution in [0, 0.1) is 5.92 Å². The van der Waals surface area contributed by atoms with E-state index in [0.29, 0.717) is 25.4 Å². The molecule has 0 spiro atoms. The van der Waals surface area contributed by atoms with Crippen molar-refractivity contribution in [1.29, 1.82) is 0 Å². The van der Waals surface area contributed by atoms with Crippen LogP contribution >= 0.6 is 0 Å². The molecule has 6 nitrogen and oxygen atoms in total. The lowest BCUT2D eigenvalue weighted by Gasteiger charge is -2.13. The lowest BCUT2D eigenvalue weighted by atomic mass is 10.0. The van der Waals surface area contributed by atoms with Gasteiger partial charge in [0.25, 0.3) is 0 Å². The van der Waals surface area contributed by atoms with Gasteiger partial charge in [0.2, 0.25) is 0 Å². The third-order valence-electron chi connectivity index (χ3n) is 2.73. The maximum atomic E-state index is 11.3. The first-order chi connectivity index (χ1) is 8.45. The summed E-state index contributed by atoms with van der Waals surface area (Å²) < 4.78 is 5.00. The molecular weight excluding hydrogens is 236 g/mol. The first kappa shape index (κ1) is 16.7. The smallest absolute Gasteiger partial charge is 0.314 e. The Kier molecular flexibility index (Phi) is 9.00. The molecule has 0 heterocycles. The quantitative estimate of drug-likeness (QED) is 0.581. The number of ether oxygens (including phenoxy) is 1. The summed E-state index contributed by atoms with van der Waals surface area (Å²) in [5.74, 6) is -0.486. The molecule has 0 aromatic carbocycles. The number of rotatable bonds is 9. The number of hydrogen-bond donors (Lipinski definition) is 3. The fraction of sp³-hybridized carbons (Fsp3) is 0.833. The van der Waals surface area contributed by atoms with Gasteiger partial charge in [-0.1, -0.05) is 6.92 Å². The molecule has 6 heteroatoms. The summed E-state index contributed by atoms with van der Waals surface area (Å²) in [5.41, 5.74) is 0. The number of carboxylic acids is 1. The number of nitrogens with one attached hydrogen (secondary N) is 2. The van der Waals surface area contributed by atoms with Crippen LogP contribution in [0.1, 0.15) is 33.1 Å². The monoisotopic (exact) mass is 260 g/mol. The van der Waals surface area contributed by atoms with Gasteiger partial charge in [0, 0.05) is 26.6 Å². The zero-order valence-corrected chi connectivity index (χ0v) is 11.4. The highest BCUT2D eigenvalue weighted by Gasteiger charge is 2.07. The Morgan fingerprint density at radius 2 is 1.89 bits per heavy atom. The molecule has 106 valence electrons. The van der Waals surface area contributed by atoms with Gasteiger partial charge in [-0.15, -0.1) is 0 Å². The molecule has 0 aromatic rings. The summed E-state index contributed by atoms with van der Waals surface area (Å²) in [7, 11) is 1.59. The largest absolute Gasteiger partial charge is 0.481 e. The number of carbonyl (C=O) groups excluding carboxylic acids is 1. The van der Waals surface area contributed by atoms with Gasteiger partial charge in [-0.3, -0.25) is 4.79 Å². The van der Waals surface area contributed by atoms with Crippen LogP contribution in [-0.2, 0) is 9.53 Å². The van der Waals surface area contributed by atoms with E-state index < -0.39 is 5.97 Å². The molecule has 0 aliphatic rings. The van der Waals surface area contributed by atoms with E-state index in [9.17, 15) is 9.59 Å². The molecule has 0 bridgehead atoms. The molecule has 0 aliphatic heterocycles. The molecule has 0 saturated heterocycles. The Hall–Kier alpha value is -1.30. The Morgan fingerprint density at radius 3 is 2.44 bits per heavy atom. The van der Waals surface area contributed by atoms with Gasteiger partial charge in [0.15, 0.2) is 0 Å². The van der Waals surface area contributed by atoms with Gasteiger partial charge in [-0.05, 0) is 25.7 Å². The predicted octanol–water partition coefficient (Wildman–Crippen LogP) is 1.21. The first-order valence-electron chi connectivity index (χ1n) is 6.22. The van der Waals surface area contributed by atoms with Crippen LogP contribution in [-0.4, -0.2) is 43.4 Å². The van der Waals surface area contributed by atoms with E-state index in [1.54, 1.807) is 7.11 Å². The molecule has 18 heavy (non-hydrogen) atoms. The second-order valence-corrected chi connectivity index (χ2v) is 4.51. The van der Waals surface area contributed by atoms with Gasteiger partial charge < -0.3 is 20.5 Å². The maximum Gasteiger partial charge on any atom is 0.314 e. The fourth-order valence-corrected chi connectivity index (χ4v) is 1.33. The van der Waals surface area contributed by atoms with E-state index in [0.717, 1.165) is 6.42 Å². The lowest BCUT2D eigenvalue weighted by Crippen LogP contribution is -2.40. The average molecular weight is 260 g/mol. The second kappa shape index (κ2) is 9.70. The van der Waals surface area contributed by atoms with Gasteiger partial charge in [-0.2, -0.15) is 0 Å². The van der Waals surface area contributed by atoms with Crippen molar-refractivity contribution >= 4 is 12.0 Å². The number of carbonyl (C=O) groups is 2. The minimum absolute atomic E-state index is 0.00904. The molecule has 0 aromatic heterocycles. The van der Waals surface area contributed by atoms with Crippen molar-refractivity contribution in [3.8, 4) is 0 Å². The second-order valence-electron chi connectivity index (χ2n) is 4.51. The molecule has 2 amide bonds. The van der Waals surface area contributed by atoms with Crippen molar-refractivity contribution < 1.29 is 19.4 Å². The summed E-state index contributed by atoms with van der Waals surface area (Å²) in [6.07, 6.45) is 1.59. The number of methoxy groups -OCH3 is 1. The molecule has 0 radical (unpaired) electrons. The first-order valence-corrected chi connectivity index (χ1v) is 6.22. The normalized spacial score (nSPS) is 13.7. The predicted molar refractivity (Wildman–Crippen MR) is 68.5 cm³/mol. The minimum Gasteiger partial charge on any atom is -0.481 e. The Morgan fingerprint density at radius 1 is 1.22 bits per heavy atom. The SMILES string of the molecule is COC(C)CNC(=O)NCCC(C)CCC(=O)O. The minimum atomic E-state index is -0.777. The summed E-state index contributed by atoms with van der Waals surface area (Å²) in [6, 6.07) is -0.218. The molecule has 0 rings (SSSR count). The van der Waals surface area contributed by atoms with Crippen molar-refractivity contribution in [3.05, 3.63) is 0 Å². The van der Waals surface area contributed by atoms with Gasteiger partial charge in [-0.25, -0.2) is 4.79 Å². The van der Waals surface area contributed by atoms with Crippen molar-refractivity contribution in [2.75, 3.05) is 20.2 Å². The van der Waals surface area contributed by atoms with E-state index in [1.165, 1.54) is 0 Å². The topological polar surface area (TPSA) is 87.7 Å². The Balaban J connectivity index is 3.52. The van der Waals surface area contributed by atoms with E-state index in [2.05, 4.69) is 10.6 Å². The zero-order valence-electron chi connectivity index (χ0n) is 11.4. The maximum absolute atomic E-state index is 11.3. The number of urea groups is 1. The third-order valence-corrected chi connectivity index (χ3v) is 2.73. The van der Waals surface area contributed by atoms with Crippen LogP contribution in [0.25, 0.3) is 0 Å². The van der Waals surface area contributed by atoms with Crippen molar-refractivity contribution in [2.45, 2.75) is 39.2 Å². The lowest BCUT2D eigenvalue weighted by molar-refractivity contribution is -0.137. The van der Waals surface area contributed by atoms with Crippen molar-refractivity contribution in [3.63, 3.8) is 0 Å². The standard InChI is InChI=1S/C12H24N2O4/c1-9(4-5-11(15)16)6-7-13-12(17)14-8-10(2)18-3/h9-10H,4-8H2,1-3H3,(H,15,16)(H2,13,14,17). The fourth-order valence-electron chi connectivity index (χ4n) is 1.33. The van der Waals surface area contributed by atoms with Crippen LogP contribution in [0.5, 0.6) is 0 Å². The van der Waals surface area contributed by atoms with E-state index in [-0.39, 0.29) is 18.6 Å². The zero-order chi connectivity index (χ0) is 14.0. The number of aliphatic carboxylic acids is 1. The number of amides is 2. The van der Waals surface area contributed by atoms with E-state index in [4.69, 9.17) is 9.84 Å². The average Bonchev–Trinajstić information content (AvgIpc) is 2.33. The number of carboxylic acid groups (broad SMARTS) is 1. The Labute approximate surface area is 108 Å². The summed E-state index contributed by atoms with van der Waals surface area (Å²) in [5, 5.41) is 13.9. The van der Waals surface area contributed by atoms with E-state index in [1.807, 2.05) is 13.8 Å². The highest BCUT2D eigenvalue weighted by molar-refractivity contribution is 5.73. The number of hydrogen-bond acceptors (Lipinski definition) is 3. The van der Waals surface area contributed by atoms with E-state index >= 15 is 0 Å². The molecule has 3 N–H and O–H groups in total. The van der Waals surface area contributed by atoms with Crippen LogP contribution in [0.4, 0.5) is 4.79 Å². The van der Waals surface area contributed by atoms with Crippen LogP contribution in [0.3, 0.4) is 0 Å². The summed E-state index contributed by atoms with van der Waals surface area (Å²) in [4.78, 5) is 21.7. The van der Waals surface area contributed by atoms with Gasteiger partial charge in [0.1, 0.15) is 0 Å². The molecule has 0 fully saturated rings. The summed E-state index contributed by atoms with van der Waals surface area (Å²) in [6.45, 7) is 4.87. The van der Waals surface area contributed by atoms with Gasteiger partial charge in [0.05, 0.1) is 6.10 Å². The molecule has 0 saturated carbocycles. The van der Waals surface area contributed by atoms with Crippen molar-refractivity contribution in [2.24, 2.45) is 5.92 Å². The Bertz CT molecular complexity index is 258.